The highest BCUT2D eigenvalue weighted by molar-refractivity contribution is 7.85. The van der Waals surface area contributed by atoms with Crippen LogP contribution in [-0.2, 0) is 35.8 Å². The number of halogens is 3. The van der Waals surface area contributed by atoms with Crippen molar-refractivity contribution in [2.45, 2.75) is 30.8 Å². The minimum absolute atomic E-state index is 0.183. The average Bonchev–Trinajstić information content (AvgIpc) is 3.17. The Hall–Kier alpha value is -2.96. The maximum Gasteiger partial charge on any atom is 0.416 e. The highest BCUT2D eigenvalue weighted by Gasteiger charge is 2.30. The number of H-pyrrole nitrogens is 1. The normalized spacial score (nSPS) is 15.1. The van der Waals surface area contributed by atoms with E-state index < -0.39 is 32.5 Å². The standard InChI is InChI=1S/C19H16F3N3O5S/c20-19(21,22)12-3-1-11(2-4-12)17-23-15-7-8-25(10-14(15)18(26)24-17)9-13-5-6-16(30-13)31(27,28)29/h1-6H,7-10H2,(H,23,24,26)(H,27,28,29)/p-1. The number of benzene rings is 1. The molecule has 0 aliphatic carbocycles. The number of furan rings is 1. The topological polar surface area (TPSA) is 119 Å². The fourth-order valence-electron chi connectivity index (χ4n) is 3.37. The molecule has 0 atom stereocenters. The van der Waals surface area contributed by atoms with Crippen LogP contribution in [0.4, 0.5) is 13.2 Å². The van der Waals surface area contributed by atoms with Gasteiger partial charge in [-0.25, -0.2) is 13.4 Å². The van der Waals surface area contributed by atoms with Crippen molar-refractivity contribution in [2.75, 3.05) is 6.54 Å². The number of hydrogen-bond donors (Lipinski definition) is 1. The van der Waals surface area contributed by atoms with Crippen LogP contribution in [0.2, 0.25) is 0 Å². The zero-order valence-electron chi connectivity index (χ0n) is 15.8. The Labute approximate surface area is 174 Å². The van der Waals surface area contributed by atoms with Gasteiger partial charge in [0.15, 0.2) is 10.1 Å². The smallest absolute Gasteiger partial charge is 0.416 e. The highest BCUT2D eigenvalue weighted by atomic mass is 32.2. The molecule has 0 unspecified atom stereocenters. The number of nitrogens with zero attached hydrogens (tertiary/aromatic N) is 2. The Morgan fingerprint density at radius 3 is 2.48 bits per heavy atom. The van der Waals surface area contributed by atoms with Crippen LogP contribution < -0.4 is 5.56 Å². The summed E-state index contributed by atoms with van der Waals surface area (Å²) in [5.41, 5.74) is 0.101. The van der Waals surface area contributed by atoms with Gasteiger partial charge in [0.25, 0.3) is 5.56 Å². The van der Waals surface area contributed by atoms with Crippen LogP contribution in [0.3, 0.4) is 0 Å². The van der Waals surface area contributed by atoms with Crippen LogP contribution in [0.1, 0.15) is 22.6 Å². The first-order valence-corrected chi connectivity index (χ1v) is 10.5. The van der Waals surface area contributed by atoms with Crippen molar-refractivity contribution in [1.82, 2.24) is 14.9 Å². The van der Waals surface area contributed by atoms with Crippen LogP contribution in [0.15, 0.2) is 50.7 Å². The molecule has 3 heterocycles. The van der Waals surface area contributed by atoms with Gasteiger partial charge in [-0.15, -0.1) is 0 Å². The minimum atomic E-state index is -4.68. The summed E-state index contributed by atoms with van der Waals surface area (Å²) in [5, 5.41) is -0.666. The maximum absolute atomic E-state index is 12.7. The average molecular weight is 454 g/mol. The summed E-state index contributed by atoms with van der Waals surface area (Å²) in [4.78, 5) is 21.4. The number of fused-ring (bicyclic) bond motifs is 1. The SMILES string of the molecule is O=c1[nH]c(-c2ccc(C(F)(F)F)cc2)nc2c1CN(Cc1ccc(S(=O)(=O)[O-])o1)CC2. The molecular formula is C19H15F3N3O5S-. The predicted octanol–water partition coefficient (Wildman–Crippen LogP) is 2.51. The van der Waals surface area contributed by atoms with E-state index in [1.807, 2.05) is 4.90 Å². The summed E-state index contributed by atoms with van der Waals surface area (Å²) in [6.45, 7) is 0.885. The van der Waals surface area contributed by atoms with Crippen LogP contribution in [0.5, 0.6) is 0 Å². The molecule has 12 heteroatoms. The number of aromatic nitrogens is 2. The summed E-state index contributed by atoms with van der Waals surface area (Å²) < 4.78 is 76.2. The number of alkyl halides is 3. The van der Waals surface area contributed by atoms with Gasteiger partial charge in [0.05, 0.1) is 23.4 Å². The van der Waals surface area contributed by atoms with Crippen molar-refractivity contribution in [3.05, 3.63) is 69.3 Å². The van der Waals surface area contributed by atoms with Crippen molar-refractivity contribution in [1.29, 1.82) is 0 Å². The van der Waals surface area contributed by atoms with E-state index in [9.17, 15) is 30.9 Å². The lowest BCUT2D eigenvalue weighted by molar-refractivity contribution is -0.137. The van der Waals surface area contributed by atoms with Crippen molar-refractivity contribution in [2.24, 2.45) is 0 Å². The molecule has 3 aromatic rings. The minimum Gasteiger partial charge on any atom is -0.742 e. The second kappa shape index (κ2) is 7.62. The summed E-state index contributed by atoms with van der Waals surface area (Å²) in [6, 6.07) is 6.82. The molecule has 0 radical (unpaired) electrons. The Bertz CT molecular complexity index is 1280. The van der Waals surface area contributed by atoms with Crippen molar-refractivity contribution in [3.63, 3.8) is 0 Å². The Kier molecular flexibility index (Phi) is 5.23. The van der Waals surface area contributed by atoms with Gasteiger partial charge >= 0.3 is 6.18 Å². The van der Waals surface area contributed by atoms with Crippen LogP contribution in [-0.4, -0.2) is 34.4 Å². The first-order chi connectivity index (χ1) is 14.5. The molecule has 0 amide bonds. The molecule has 0 fully saturated rings. The molecule has 164 valence electrons. The van der Waals surface area contributed by atoms with Gasteiger partial charge in [-0.1, -0.05) is 12.1 Å². The molecule has 0 saturated heterocycles. The lowest BCUT2D eigenvalue weighted by atomic mass is 10.1. The molecule has 0 spiro atoms. The van der Waals surface area contributed by atoms with Crippen molar-refractivity contribution < 1.29 is 30.6 Å². The highest BCUT2D eigenvalue weighted by Crippen LogP contribution is 2.30. The Morgan fingerprint density at radius 2 is 1.87 bits per heavy atom. The number of aromatic amines is 1. The van der Waals surface area contributed by atoms with Gasteiger partial charge in [-0.05, 0) is 24.3 Å². The van der Waals surface area contributed by atoms with Gasteiger partial charge in [0, 0.05) is 25.1 Å². The summed E-state index contributed by atoms with van der Waals surface area (Å²) in [7, 11) is -4.68. The second-order valence-corrected chi connectivity index (χ2v) is 8.36. The second-order valence-electron chi connectivity index (χ2n) is 7.05. The zero-order valence-corrected chi connectivity index (χ0v) is 16.6. The third kappa shape index (κ3) is 4.55. The van der Waals surface area contributed by atoms with E-state index in [1.54, 1.807) is 0 Å². The van der Waals surface area contributed by atoms with Gasteiger partial charge < -0.3 is 14.0 Å². The largest absolute Gasteiger partial charge is 0.742 e. The van der Waals surface area contributed by atoms with Crippen molar-refractivity contribution in [3.8, 4) is 11.4 Å². The van der Waals surface area contributed by atoms with E-state index in [4.69, 9.17) is 4.42 Å². The molecule has 31 heavy (non-hydrogen) atoms. The molecule has 1 N–H and O–H groups in total. The molecule has 1 aliphatic rings. The number of hydrogen-bond acceptors (Lipinski definition) is 7. The summed E-state index contributed by atoms with van der Waals surface area (Å²) in [6.07, 6.45) is -4.05. The zero-order chi connectivity index (χ0) is 22.4. The van der Waals surface area contributed by atoms with E-state index in [1.165, 1.54) is 18.2 Å². The molecular weight excluding hydrogens is 439 g/mol. The van der Waals surface area contributed by atoms with E-state index in [2.05, 4.69) is 9.97 Å². The van der Waals surface area contributed by atoms with Gasteiger partial charge in [0.1, 0.15) is 11.6 Å². The van der Waals surface area contributed by atoms with Gasteiger partial charge in [-0.3, -0.25) is 9.69 Å². The van der Waals surface area contributed by atoms with Crippen molar-refractivity contribution >= 4 is 10.1 Å². The van der Waals surface area contributed by atoms with Gasteiger partial charge in [0.2, 0.25) is 5.09 Å². The van der Waals surface area contributed by atoms with E-state index in [0.717, 1.165) is 18.2 Å². The molecule has 4 rings (SSSR count). The van der Waals surface area contributed by atoms with E-state index >= 15 is 0 Å². The summed E-state index contributed by atoms with van der Waals surface area (Å²) >= 11 is 0. The molecule has 0 bridgehead atoms. The lowest BCUT2D eigenvalue weighted by Crippen LogP contribution is -2.35. The molecule has 2 aromatic heterocycles. The quantitative estimate of drug-likeness (QED) is 0.602. The molecule has 8 nitrogen and oxygen atoms in total. The number of rotatable bonds is 4. The first-order valence-electron chi connectivity index (χ1n) is 9.07. The third-order valence-corrected chi connectivity index (χ3v) is 5.61. The van der Waals surface area contributed by atoms with E-state index in [0.29, 0.717) is 29.8 Å². The fraction of sp³-hybridized carbons (Fsp3) is 0.263. The monoisotopic (exact) mass is 454 g/mol. The van der Waals surface area contributed by atoms with Crippen LogP contribution in [0, 0.1) is 0 Å². The van der Waals surface area contributed by atoms with E-state index in [-0.39, 0.29) is 24.7 Å². The lowest BCUT2D eigenvalue weighted by Gasteiger charge is -2.26. The predicted molar refractivity (Wildman–Crippen MR) is 99.8 cm³/mol. The Balaban J connectivity index is 1.53. The van der Waals surface area contributed by atoms with Crippen LogP contribution >= 0.6 is 0 Å². The Morgan fingerprint density at radius 1 is 1.16 bits per heavy atom. The first kappa shape index (κ1) is 21.3. The summed E-state index contributed by atoms with van der Waals surface area (Å²) in [5.74, 6) is 0.450. The fourth-order valence-corrected chi connectivity index (χ4v) is 3.81. The van der Waals surface area contributed by atoms with Gasteiger partial charge in [-0.2, -0.15) is 13.2 Å². The van der Waals surface area contributed by atoms with Crippen LogP contribution in [0.25, 0.3) is 11.4 Å². The maximum atomic E-state index is 12.7. The molecule has 1 aromatic carbocycles. The molecule has 1 aliphatic heterocycles. The molecule has 0 saturated carbocycles. The third-order valence-electron chi connectivity index (χ3n) is 4.90. The number of nitrogens with one attached hydrogen (secondary N) is 1.